The number of ether oxygens (including phenoxy) is 1. The second kappa shape index (κ2) is 12.8. The van der Waals surface area contributed by atoms with Crippen LogP contribution in [-0.4, -0.2) is 21.4 Å². The molecule has 9 aromatic rings. The summed E-state index contributed by atoms with van der Waals surface area (Å²) in [7, 11) is 0. The molecular weight excluding hydrogens is 721 g/mol. The fourth-order valence-corrected chi connectivity index (χ4v) is 9.92. The smallest absolute Gasteiger partial charge is 0.422 e. The van der Waals surface area contributed by atoms with Crippen molar-refractivity contribution in [3.05, 3.63) is 180 Å². The van der Waals surface area contributed by atoms with Gasteiger partial charge in [-0.3, -0.25) is 4.40 Å². The van der Waals surface area contributed by atoms with Gasteiger partial charge in [0.2, 0.25) is 0 Å². The predicted molar refractivity (Wildman–Crippen MR) is 244 cm³/mol. The van der Waals surface area contributed by atoms with Gasteiger partial charge in [0.1, 0.15) is 23.0 Å². The number of aryl methyl sites for hydroxylation is 2. The topological polar surface area (TPSA) is 45.9 Å². The molecule has 2 aliphatic heterocycles. The van der Waals surface area contributed by atoms with Crippen molar-refractivity contribution >= 4 is 62.6 Å². The molecule has 0 radical (unpaired) electrons. The SMILES string of the molecule is Cc1cccc(C)c1B1N(c2ccccc2)c2cccnc2N1c1cccc(Oc2ccc3c(c2)c2nc(-c4ccccc4)c4n2c2c(cccc32)C(C)(C)C4(C)C)c1. The van der Waals surface area contributed by atoms with Crippen molar-refractivity contribution in [2.24, 2.45) is 0 Å². The highest BCUT2D eigenvalue weighted by atomic mass is 16.5. The zero-order valence-corrected chi connectivity index (χ0v) is 34.2. The van der Waals surface area contributed by atoms with E-state index in [2.05, 4.69) is 195 Å². The number of pyridine rings is 2. The van der Waals surface area contributed by atoms with E-state index in [0.29, 0.717) is 0 Å². The molecule has 6 aromatic carbocycles. The first-order valence-corrected chi connectivity index (χ1v) is 20.5. The van der Waals surface area contributed by atoms with Crippen LogP contribution in [0, 0.1) is 13.8 Å². The second-order valence-corrected chi connectivity index (χ2v) is 17.2. The van der Waals surface area contributed by atoms with Crippen LogP contribution in [0.15, 0.2) is 158 Å². The van der Waals surface area contributed by atoms with Crippen LogP contribution in [-0.2, 0) is 10.8 Å². The first kappa shape index (κ1) is 35.3. The average molecular weight is 766 g/mol. The Kier molecular flexibility index (Phi) is 7.68. The molecule has 286 valence electrons. The van der Waals surface area contributed by atoms with E-state index in [0.717, 1.165) is 56.7 Å². The van der Waals surface area contributed by atoms with E-state index >= 15 is 0 Å². The molecule has 0 spiro atoms. The number of nitrogens with zero attached hydrogens (tertiary/aromatic N) is 5. The van der Waals surface area contributed by atoms with Crippen molar-refractivity contribution in [2.75, 3.05) is 9.62 Å². The molecule has 2 aliphatic rings. The van der Waals surface area contributed by atoms with Gasteiger partial charge in [-0.1, -0.05) is 130 Å². The summed E-state index contributed by atoms with van der Waals surface area (Å²) in [5.74, 6) is 2.40. The Morgan fingerprint density at radius 1 is 0.576 bits per heavy atom. The Labute approximate surface area is 345 Å². The molecule has 0 fully saturated rings. The quantitative estimate of drug-likeness (QED) is 0.125. The van der Waals surface area contributed by atoms with Crippen molar-refractivity contribution in [1.82, 2.24) is 14.4 Å². The molecule has 0 saturated heterocycles. The molecule has 0 bridgehead atoms. The summed E-state index contributed by atoms with van der Waals surface area (Å²) in [5.41, 5.74) is 13.5. The molecule has 0 saturated carbocycles. The van der Waals surface area contributed by atoms with Gasteiger partial charge in [0, 0.05) is 50.8 Å². The fourth-order valence-electron chi connectivity index (χ4n) is 9.92. The molecular formula is C52H44BN5O. The Bertz CT molecular complexity index is 3120. The molecule has 0 unspecified atom stereocenters. The first-order chi connectivity index (χ1) is 28.6. The normalized spacial score (nSPS) is 15.1. The standard InChI is InChI=1S/C52H44BN5O/c1-33-17-13-18-34(2)45(33)53-57(36-21-11-8-12-22-36)44-27-16-30-54-50(44)58(53)37-23-14-24-38(31-37)59-39-28-29-40-41-25-15-26-43-47(41)56-48(52(5,6)51(43,3)4)46(35-19-9-7-10-20-35)55-49(56)42(40)32-39/h7-32H,1-6H3. The van der Waals surface area contributed by atoms with Crippen molar-refractivity contribution in [3.63, 3.8) is 0 Å². The van der Waals surface area contributed by atoms with E-state index < -0.39 is 0 Å². The highest BCUT2D eigenvalue weighted by Gasteiger charge is 2.49. The van der Waals surface area contributed by atoms with E-state index in [-0.39, 0.29) is 17.8 Å². The zero-order valence-electron chi connectivity index (χ0n) is 34.2. The third-order valence-electron chi connectivity index (χ3n) is 13.4. The Morgan fingerprint density at radius 2 is 1.27 bits per heavy atom. The molecule has 0 atom stereocenters. The lowest BCUT2D eigenvalue weighted by molar-refractivity contribution is 0.289. The monoisotopic (exact) mass is 765 g/mol. The lowest BCUT2D eigenvalue weighted by Crippen LogP contribution is -2.55. The molecule has 5 heterocycles. The first-order valence-electron chi connectivity index (χ1n) is 20.5. The van der Waals surface area contributed by atoms with E-state index in [4.69, 9.17) is 14.7 Å². The van der Waals surface area contributed by atoms with Gasteiger partial charge in [0.15, 0.2) is 0 Å². The maximum absolute atomic E-state index is 6.87. The van der Waals surface area contributed by atoms with Gasteiger partial charge < -0.3 is 14.4 Å². The van der Waals surface area contributed by atoms with Crippen LogP contribution in [0.1, 0.15) is 50.1 Å². The lowest BCUT2D eigenvalue weighted by Gasteiger charge is -2.46. The van der Waals surface area contributed by atoms with Crippen LogP contribution in [0.5, 0.6) is 11.5 Å². The molecule has 59 heavy (non-hydrogen) atoms. The second-order valence-electron chi connectivity index (χ2n) is 17.2. The van der Waals surface area contributed by atoms with Crippen molar-refractivity contribution in [3.8, 4) is 22.8 Å². The highest BCUT2D eigenvalue weighted by Crippen LogP contribution is 2.54. The van der Waals surface area contributed by atoms with Crippen LogP contribution in [0.4, 0.5) is 22.9 Å². The predicted octanol–water partition coefficient (Wildman–Crippen LogP) is 12.4. The van der Waals surface area contributed by atoms with E-state index in [1.165, 1.54) is 44.1 Å². The Morgan fingerprint density at radius 3 is 2.05 bits per heavy atom. The summed E-state index contributed by atoms with van der Waals surface area (Å²) in [6, 6.07) is 53.7. The number of benzene rings is 6. The van der Waals surface area contributed by atoms with Gasteiger partial charge >= 0.3 is 6.98 Å². The fraction of sp³-hybridized carbons (Fsp3) is 0.154. The summed E-state index contributed by atoms with van der Waals surface area (Å²) < 4.78 is 9.32. The van der Waals surface area contributed by atoms with Crippen LogP contribution in [0.25, 0.3) is 38.6 Å². The molecule has 3 aromatic heterocycles. The van der Waals surface area contributed by atoms with Crippen LogP contribution in [0.3, 0.4) is 0 Å². The van der Waals surface area contributed by atoms with Crippen LogP contribution >= 0.6 is 0 Å². The van der Waals surface area contributed by atoms with E-state index in [1.54, 1.807) is 0 Å². The summed E-state index contributed by atoms with van der Waals surface area (Å²) in [5, 5.41) is 3.45. The number of para-hydroxylation sites is 2. The van der Waals surface area contributed by atoms with E-state index in [1.807, 2.05) is 18.3 Å². The van der Waals surface area contributed by atoms with E-state index in [9.17, 15) is 0 Å². The summed E-state index contributed by atoms with van der Waals surface area (Å²) in [6.07, 6.45) is 1.89. The molecule has 6 nitrogen and oxygen atoms in total. The van der Waals surface area contributed by atoms with Crippen molar-refractivity contribution in [1.29, 1.82) is 0 Å². The summed E-state index contributed by atoms with van der Waals surface area (Å²) in [6.45, 7) is 13.8. The molecule has 0 amide bonds. The summed E-state index contributed by atoms with van der Waals surface area (Å²) in [4.78, 5) is 15.3. The third kappa shape index (κ3) is 5.07. The summed E-state index contributed by atoms with van der Waals surface area (Å²) >= 11 is 0. The number of hydrogen-bond acceptors (Lipinski definition) is 5. The Balaban J connectivity index is 1.07. The molecule has 0 aliphatic carbocycles. The van der Waals surface area contributed by atoms with Gasteiger partial charge in [0.25, 0.3) is 0 Å². The minimum absolute atomic E-state index is 0.138. The lowest BCUT2D eigenvalue weighted by atomic mass is 9.60. The number of hydrogen-bond donors (Lipinski definition) is 0. The van der Waals surface area contributed by atoms with Gasteiger partial charge in [-0.2, -0.15) is 0 Å². The Hall–Kier alpha value is -6.86. The number of anilines is 4. The largest absolute Gasteiger partial charge is 0.457 e. The van der Waals surface area contributed by atoms with Crippen LogP contribution in [0.2, 0.25) is 0 Å². The molecule has 11 rings (SSSR count). The molecule has 7 heteroatoms. The minimum Gasteiger partial charge on any atom is -0.457 e. The molecule has 0 N–H and O–H groups in total. The maximum atomic E-state index is 6.87. The van der Waals surface area contributed by atoms with Crippen LogP contribution < -0.4 is 19.8 Å². The number of rotatable bonds is 6. The number of imidazole rings is 1. The maximum Gasteiger partial charge on any atom is 0.422 e. The van der Waals surface area contributed by atoms with Crippen molar-refractivity contribution in [2.45, 2.75) is 52.4 Å². The third-order valence-corrected chi connectivity index (χ3v) is 13.4. The zero-order chi connectivity index (χ0) is 40.2. The van der Waals surface area contributed by atoms with Gasteiger partial charge in [-0.25, -0.2) is 9.97 Å². The van der Waals surface area contributed by atoms with Gasteiger partial charge in [-0.15, -0.1) is 0 Å². The minimum atomic E-state index is -0.213. The van der Waals surface area contributed by atoms with Gasteiger partial charge in [0.05, 0.1) is 22.6 Å². The van der Waals surface area contributed by atoms with Crippen molar-refractivity contribution < 1.29 is 4.74 Å². The highest BCUT2D eigenvalue weighted by molar-refractivity contribution is 6.85. The number of fused-ring (bicyclic) bond motifs is 4. The average Bonchev–Trinajstić information content (AvgIpc) is 3.82. The number of aromatic nitrogens is 3. The van der Waals surface area contributed by atoms with Gasteiger partial charge in [-0.05, 0) is 84.9 Å².